The molecule has 0 aliphatic rings. The molecule has 4 rings (SSSR count). The van der Waals surface area contributed by atoms with Crippen molar-refractivity contribution >= 4 is 0 Å². The van der Waals surface area contributed by atoms with E-state index in [4.69, 9.17) is 11.4 Å². The number of hydrogen-bond donors (Lipinski definition) is 0. The quantitative estimate of drug-likeness (QED) is 0.370. The van der Waals surface area contributed by atoms with Crippen molar-refractivity contribution in [2.24, 2.45) is 0 Å². The van der Waals surface area contributed by atoms with E-state index in [9.17, 15) is 0 Å². The summed E-state index contributed by atoms with van der Waals surface area (Å²) in [6, 6.07) is 23.3. The number of terminal acetylenes is 1. The lowest BCUT2D eigenvalue weighted by Gasteiger charge is -2.14. The van der Waals surface area contributed by atoms with Crippen LogP contribution in [0.5, 0.6) is 0 Å². The Labute approximate surface area is 185 Å². The molecule has 152 valence electrons. The van der Waals surface area contributed by atoms with Crippen LogP contribution in [0.3, 0.4) is 0 Å². The van der Waals surface area contributed by atoms with Crippen molar-refractivity contribution in [2.45, 2.75) is 33.6 Å². The van der Waals surface area contributed by atoms with E-state index >= 15 is 0 Å². The smallest absolute Gasteiger partial charge is 0.132 e. The van der Waals surface area contributed by atoms with E-state index in [0.717, 1.165) is 29.1 Å². The van der Waals surface area contributed by atoms with Crippen molar-refractivity contribution in [3.63, 3.8) is 0 Å². The van der Waals surface area contributed by atoms with Gasteiger partial charge in [0.2, 0.25) is 0 Å². The maximum atomic E-state index is 5.44. The summed E-state index contributed by atoms with van der Waals surface area (Å²) in [4.78, 5) is 9.30. The summed E-state index contributed by atoms with van der Waals surface area (Å²) in [6.07, 6.45) is 8.80. The van der Waals surface area contributed by atoms with E-state index in [0.29, 0.717) is 6.42 Å². The van der Waals surface area contributed by atoms with Gasteiger partial charge in [0.05, 0.1) is 0 Å². The molecule has 0 N–H and O–H groups in total. The zero-order valence-electron chi connectivity index (χ0n) is 18.3. The molecule has 0 saturated heterocycles. The number of rotatable bonds is 5. The molecule has 2 heteroatoms. The lowest BCUT2D eigenvalue weighted by molar-refractivity contribution is 0.912. The first kappa shape index (κ1) is 20.6. The van der Waals surface area contributed by atoms with Gasteiger partial charge in [-0.05, 0) is 72.4 Å². The fraction of sp³-hybridized carbons (Fsp3) is 0.172. The van der Waals surface area contributed by atoms with E-state index < -0.39 is 0 Å². The molecule has 31 heavy (non-hydrogen) atoms. The van der Waals surface area contributed by atoms with Crippen LogP contribution in [0.25, 0.3) is 11.1 Å². The second kappa shape index (κ2) is 8.98. The Balaban J connectivity index is 1.56. The minimum Gasteiger partial charge on any atom is -0.241 e. The molecule has 0 fully saturated rings. The molecular weight excluding hydrogens is 376 g/mol. The Morgan fingerprint density at radius 2 is 1.55 bits per heavy atom. The van der Waals surface area contributed by atoms with E-state index in [-0.39, 0.29) is 0 Å². The zero-order chi connectivity index (χ0) is 21.8. The number of aromatic nitrogens is 2. The number of hydrogen-bond acceptors (Lipinski definition) is 2. The van der Waals surface area contributed by atoms with Crippen molar-refractivity contribution in [2.75, 3.05) is 0 Å². The highest BCUT2D eigenvalue weighted by Crippen LogP contribution is 2.27. The minimum absolute atomic E-state index is 0.697. The van der Waals surface area contributed by atoms with Crippen molar-refractivity contribution in [1.29, 1.82) is 0 Å². The van der Waals surface area contributed by atoms with Crippen LogP contribution in [0.15, 0.2) is 72.9 Å². The van der Waals surface area contributed by atoms with Crippen LogP contribution >= 0.6 is 0 Å². The van der Waals surface area contributed by atoms with E-state index in [1.165, 1.54) is 33.4 Å². The van der Waals surface area contributed by atoms with Gasteiger partial charge in [0.1, 0.15) is 5.82 Å². The average Bonchev–Trinajstić information content (AvgIpc) is 2.77. The molecule has 0 bridgehead atoms. The van der Waals surface area contributed by atoms with Gasteiger partial charge in [-0.1, -0.05) is 60.0 Å². The molecule has 2 nitrogen and oxygen atoms in total. The van der Waals surface area contributed by atoms with Gasteiger partial charge in [-0.25, -0.2) is 9.97 Å². The second-order valence-corrected chi connectivity index (χ2v) is 8.12. The molecule has 0 saturated carbocycles. The summed E-state index contributed by atoms with van der Waals surface area (Å²) >= 11 is 0. The highest BCUT2D eigenvalue weighted by atomic mass is 14.9. The third-order valence-corrected chi connectivity index (χ3v) is 5.65. The van der Waals surface area contributed by atoms with Gasteiger partial charge in [0, 0.05) is 30.3 Å². The molecule has 0 radical (unpaired) electrons. The molecule has 0 unspecified atom stereocenters. The van der Waals surface area contributed by atoms with Crippen LogP contribution in [0.1, 0.15) is 44.9 Å². The summed E-state index contributed by atoms with van der Waals surface area (Å²) in [5.41, 5.74) is 10.8. The predicted molar refractivity (Wildman–Crippen MR) is 128 cm³/mol. The third-order valence-electron chi connectivity index (χ3n) is 5.65. The monoisotopic (exact) mass is 402 g/mol. The molecule has 1 heterocycles. The number of nitrogens with zero attached hydrogens (tertiary/aromatic N) is 2. The van der Waals surface area contributed by atoms with Crippen LogP contribution < -0.4 is 0 Å². The van der Waals surface area contributed by atoms with Gasteiger partial charge in [-0.2, -0.15) is 0 Å². The first-order valence-corrected chi connectivity index (χ1v) is 10.6. The largest absolute Gasteiger partial charge is 0.241 e. The fourth-order valence-corrected chi connectivity index (χ4v) is 3.97. The standard InChI is InChI=1S/C29H26N2/c1-5-23-9-11-24(12-10-23)18-29-30-14-13-27(31-29)19-28-21(3)16-26(17-22(28)4)25-8-6-7-20(2)15-25/h1,6-17H,18-19H2,2-4H3. The zero-order valence-corrected chi connectivity index (χ0v) is 18.3. The maximum absolute atomic E-state index is 5.44. The minimum atomic E-state index is 0.697. The van der Waals surface area contributed by atoms with Gasteiger partial charge in [-0.3, -0.25) is 0 Å². The fourth-order valence-electron chi connectivity index (χ4n) is 3.97. The molecule has 0 aliphatic carbocycles. The third kappa shape index (κ3) is 4.90. The van der Waals surface area contributed by atoms with Crippen LogP contribution in [0, 0.1) is 33.1 Å². The summed E-state index contributed by atoms with van der Waals surface area (Å²) in [5.74, 6) is 3.48. The van der Waals surface area contributed by atoms with Gasteiger partial charge < -0.3 is 0 Å². The summed E-state index contributed by atoms with van der Waals surface area (Å²) in [7, 11) is 0. The molecule has 3 aromatic carbocycles. The first-order valence-electron chi connectivity index (χ1n) is 10.6. The number of benzene rings is 3. The highest BCUT2D eigenvalue weighted by Gasteiger charge is 2.10. The molecule has 0 spiro atoms. The van der Waals surface area contributed by atoms with Gasteiger partial charge in [0.25, 0.3) is 0 Å². The van der Waals surface area contributed by atoms with Gasteiger partial charge in [-0.15, -0.1) is 6.42 Å². The average molecular weight is 403 g/mol. The molecule has 0 atom stereocenters. The predicted octanol–water partition coefficient (Wildman–Crippen LogP) is 6.23. The molecular formula is C29H26N2. The number of aryl methyl sites for hydroxylation is 3. The Morgan fingerprint density at radius 1 is 0.806 bits per heavy atom. The maximum Gasteiger partial charge on any atom is 0.132 e. The molecule has 0 amide bonds. The van der Waals surface area contributed by atoms with E-state index in [1.54, 1.807) is 0 Å². The molecule has 4 aromatic rings. The molecule has 1 aromatic heterocycles. The summed E-state index contributed by atoms with van der Waals surface area (Å²) in [6.45, 7) is 6.52. The van der Waals surface area contributed by atoms with Crippen molar-refractivity contribution in [3.05, 3.63) is 118 Å². The molecule has 0 aliphatic heterocycles. The lowest BCUT2D eigenvalue weighted by Crippen LogP contribution is -2.03. The Kier molecular flexibility index (Phi) is 5.96. The van der Waals surface area contributed by atoms with E-state index in [2.05, 4.69) is 68.1 Å². The van der Waals surface area contributed by atoms with Crippen molar-refractivity contribution < 1.29 is 0 Å². The second-order valence-electron chi connectivity index (χ2n) is 8.12. The van der Waals surface area contributed by atoms with Crippen LogP contribution in [0.2, 0.25) is 0 Å². The SMILES string of the molecule is C#Cc1ccc(Cc2nccc(Cc3c(C)cc(-c4cccc(C)c4)cc3C)n2)cc1. The van der Waals surface area contributed by atoms with Crippen LogP contribution in [-0.2, 0) is 12.8 Å². The topological polar surface area (TPSA) is 25.8 Å². The summed E-state index contributed by atoms with van der Waals surface area (Å²) in [5, 5.41) is 0. The van der Waals surface area contributed by atoms with Crippen LogP contribution in [-0.4, -0.2) is 9.97 Å². The highest BCUT2D eigenvalue weighted by molar-refractivity contribution is 5.67. The van der Waals surface area contributed by atoms with Crippen molar-refractivity contribution in [1.82, 2.24) is 9.97 Å². The van der Waals surface area contributed by atoms with E-state index in [1.807, 2.05) is 36.5 Å². The van der Waals surface area contributed by atoms with Crippen LogP contribution in [0.4, 0.5) is 0 Å². The normalized spacial score (nSPS) is 10.6. The lowest BCUT2D eigenvalue weighted by atomic mass is 9.92. The van der Waals surface area contributed by atoms with Crippen molar-refractivity contribution in [3.8, 4) is 23.5 Å². The first-order chi connectivity index (χ1) is 15.0. The van der Waals surface area contributed by atoms with Gasteiger partial charge in [0.15, 0.2) is 0 Å². The Hall–Kier alpha value is -3.70. The Morgan fingerprint density at radius 3 is 2.23 bits per heavy atom. The van der Waals surface area contributed by atoms with Gasteiger partial charge >= 0.3 is 0 Å². The Bertz CT molecular complexity index is 1240. The summed E-state index contributed by atoms with van der Waals surface area (Å²) < 4.78 is 0.